The van der Waals surface area contributed by atoms with Gasteiger partial charge in [0, 0.05) is 12.6 Å². The highest BCUT2D eigenvalue weighted by Gasteiger charge is 2.08. The molecule has 1 N–H and O–H groups in total. The normalized spacial score (nSPS) is 10.6. The Hall–Kier alpha value is -3.22. The number of aromatic nitrogens is 2. The Labute approximate surface area is 142 Å². The summed E-state index contributed by atoms with van der Waals surface area (Å²) in [6, 6.07) is 10.8. The highest BCUT2D eigenvalue weighted by atomic mass is 19.1. The largest absolute Gasteiger partial charge is 0.463 e. The fourth-order valence-corrected chi connectivity index (χ4v) is 2.31. The number of hydrogen-bond donors (Lipinski definition) is 1. The van der Waals surface area contributed by atoms with E-state index >= 15 is 0 Å². The molecular formula is C18H16FN3O3. The van der Waals surface area contributed by atoms with Gasteiger partial charge in [-0.1, -0.05) is 12.1 Å². The number of rotatable bonds is 6. The van der Waals surface area contributed by atoms with Crippen molar-refractivity contribution in [3.05, 3.63) is 76.8 Å². The lowest BCUT2D eigenvalue weighted by atomic mass is 10.1. The summed E-state index contributed by atoms with van der Waals surface area (Å²) in [5.74, 6) is -0.0950. The number of amides is 1. The zero-order chi connectivity index (χ0) is 17.6. The fourth-order valence-electron chi connectivity index (χ4n) is 2.31. The molecule has 0 aliphatic heterocycles. The average Bonchev–Trinajstić information content (AvgIpc) is 3.13. The van der Waals surface area contributed by atoms with Crippen LogP contribution in [0.25, 0.3) is 11.5 Å². The predicted molar refractivity (Wildman–Crippen MR) is 89.3 cm³/mol. The Morgan fingerprint density at radius 2 is 2.04 bits per heavy atom. The molecule has 0 radical (unpaired) electrons. The van der Waals surface area contributed by atoms with E-state index in [-0.39, 0.29) is 23.8 Å². The lowest BCUT2D eigenvalue weighted by molar-refractivity contribution is -0.121. The minimum absolute atomic E-state index is 0.117. The van der Waals surface area contributed by atoms with E-state index in [1.54, 1.807) is 24.3 Å². The van der Waals surface area contributed by atoms with Gasteiger partial charge in [-0.2, -0.15) is 0 Å². The van der Waals surface area contributed by atoms with E-state index in [1.165, 1.54) is 35.4 Å². The van der Waals surface area contributed by atoms with Crippen LogP contribution in [-0.4, -0.2) is 22.0 Å². The van der Waals surface area contributed by atoms with Crippen LogP contribution >= 0.6 is 0 Å². The van der Waals surface area contributed by atoms with Gasteiger partial charge < -0.3 is 9.73 Å². The first-order chi connectivity index (χ1) is 12.1. The Balaban J connectivity index is 1.54. The molecule has 128 valence electrons. The topological polar surface area (TPSA) is 77.1 Å². The Morgan fingerprint density at radius 1 is 1.24 bits per heavy atom. The number of carbonyl (C=O) groups excluding carboxylic acids is 1. The van der Waals surface area contributed by atoms with Crippen molar-refractivity contribution in [3.63, 3.8) is 0 Å². The van der Waals surface area contributed by atoms with Crippen molar-refractivity contribution in [2.24, 2.45) is 0 Å². The minimum atomic E-state index is -0.338. The van der Waals surface area contributed by atoms with Crippen LogP contribution in [0.1, 0.15) is 5.56 Å². The number of hydrogen-bond acceptors (Lipinski definition) is 4. The standard InChI is InChI=1S/C18H16FN3O3/c19-14-5-3-13(4-6-14)7-8-20-17(23)11-22-12-21-15(10-18(22)24)16-2-1-9-25-16/h1-6,9-10,12H,7-8,11H2,(H,20,23). The lowest BCUT2D eigenvalue weighted by Gasteiger charge is -2.07. The number of nitrogens with zero attached hydrogens (tertiary/aromatic N) is 2. The van der Waals surface area contributed by atoms with Crippen LogP contribution in [0.2, 0.25) is 0 Å². The summed E-state index contributed by atoms with van der Waals surface area (Å²) in [5.41, 5.74) is 1.00. The zero-order valence-electron chi connectivity index (χ0n) is 13.3. The zero-order valence-corrected chi connectivity index (χ0v) is 13.3. The first-order valence-corrected chi connectivity index (χ1v) is 7.73. The van der Waals surface area contributed by atoms with E-state index in [2.05, 4.69) is 10.3 Å². The summed E-state index contributed by atoms with van der Waals surface area (Å²) in [5, 5.41) is 2.72. The first-order valence-electron chi connectivity index (χ1n) is 7.73. The van der Waals surface area contributed by atoms with Crippen LogP contribution in [0, 0.1) is 5.82 Å². The maximum atomic E-state index is 12.8. The van der Waals surface area contributed by atoms with Crippen LogP contribution in [0.15, 0.2) is 64.3 Å². The molecule has 0 saturated heterocycles. The van der Waals surface area contributed by atoms with Crippen molar-refractivity contribution in [1.82, 2.24) is 14.9 Å². The first kappa shape index (κ1) is 16.6. The van der Waals surface area contributed by atoms with Crippen molar-refractivity contribution in [3.8, 4) is 11.5 Å². The summed E-state index contributed by atoms with van der Waals surface area (Å²) in [6.07, 6.45) is 3.40. The average molecular weight is 341 g/mol. The molecule has 2 aromatic heterocycles. The third-order valence-corrected chi connectivity index (χ3v) is 3.62. The van der Waals surface area contributed by atoms with Crippen LogP contribution in [0.4, 0.5) is 4.39 Å². The summed E-state index contributed by atoms with van der Waals surface area (Å²) < 4.78 is 19.2. The SMILES string of the molecule is O=C(Cn1cnc(-c2ccco2)cc1=O)NCCc1ccc(F)cc1. The molecule has 2 heterocycles. The molecule has 0 fully saturated rings. The third kappa shape index (κ3) is 4.41. The molecule has 0 bridgehead atoms. The third-order valence-electron chi connectivity index (χ3n) is 3.62. The van der Waals surface area contributed by atoms with Crippen LogP contribution in [-0.2, 0) is 17.8 Å². The van der Waals surface area contributed by atoms with Gasteiger partial charge in [-0.05, 0) is 36.2 Å². The maximum Gasteiger partial charge on any atom is 0.254 e. The molecular weight excluding hydrogens is 325 g/mol. The molecule has 1 amide bonds. The summed E-state index contributed by atoms with van der Waals surface area (Å²) in [7, 11) is 0. The van der Waals surface area contributed by atoms with E-state index in [1.807, 2.05) is 0 Å². The van der Waals surface area contributed by atoms with Gasteiger partial charge in [0.15, 0.2) is 5.76 Å². The van der Waals surface area contributed by atoms with Crippen molar-refractivity contribution in [2.45, 2.75) is 13.0 Å². The van der Waals surface area contributed by atoms with Gasteiger partial charge in [0.25, 0.3) is 5.56 Å². The summed E-state index contributed by atoms with van der Waals surface area (Å²) in [4.78, 5) is 28.1. The fraction of sp³-hybridized carbons (Fsp3) is 0.167. The molecule has 0 spiro atoms. The summed E-state index contributed by atoms with van der Waals surface area (Å²) >= 11 is 0. The van der Waals surface area contributed by atoms with E-state index < -0.39 is 0 Å². The van der Waals surface area contributed by atoms with Gasteiger partial charge >= 0.3 is 0 Å². The number of carbonyl (C=O) groups is 1. The van der Waals surface area contributed by atoms with Crippen LogP contribution in [0.3, 0.4) is 0 Å². The van der Waals surface area contributed by atoms with Gasteiger partial charge in [0.05, 0.1) is 12.6 Å². The molecule has 6 nitrogen and oxygen atoms in total. The molecule has 3 aromatic rings. The molecule has 7 heteroatoms. The van der Waals surface area contributed by atoms with E-state index in [0.29, 0.717) is 24.4 Å². The van der Waals surface area contributed by atoms with Gasteiger partial charge in [-0.15, -0.1) is 0 Å². The maximum absolute atomic E-state index is 12.8. The Bertz CT molecular complexity index is 902. The molecule has 0 saturated carbocycles. The second-order valence-corrected chi connectivity index (χ2v) is 5.44. The second kappa shape index (κ2) is 7.57. The molecule has 0 atom stereocenters. The second-order valence-electron chi connectivity index (χ2n) is 5.44. The van der Waals surface area contributed by atoms with E-state index in [0.717, 1.165) is 5.56 Å². The highest BCUT2D eigenvalue weighted by Crippen LogP contribution is 2.14. The van der Waals surface area contributed by atoms with Crippen LogP contribution < -0.4 is 10.9 Å². The molecule has 0 aliphatic carbocycles. The van der Waals surface area contributed by atoms with Crippen molar-refractivity contribution in [2.75, 3.05) is 6.54 Å². The molecule has 25 heavy (non-hydrogen) atoms. The quantitative estimate of drug-likeness (QED) is 0.744. The predicted octanol–water partition coefficient (Wildman–Crippen LogP) is 2.00. The molecule has 3 rings (SSSR count). The minimum Gasteiger partial charge on any atom is -0.463 e. The number of nitrogens with one attached hydrogen (secondary N) is 1. The highest BCUT2D eigenvalue weighted by molar-refractivity contribution is 5.75. The van der Waals surface area contributed by atoms with Gasteiger partial charge in [-0.3, -0.25) is 14.2 Å². The van der Waals surface area contributed by atoms with Gasteiger partial charge in [0.1, 0.15) is 18.1 Å². The Kier molecular flexibility index (Phi) is 5.03. The smallest absolute Gasteiger partial charge is 0.254 e. The number of furan rings is 1. The van der Waals surface area contributed by atoms with Crippen LogP contribution in [0.5, 0.6) is 0 Å². The van der Waals surface area contributed by atoms with E-state index in [9.17, 15) is 14.0 Å². The van der Waals surface area contributed by atoms with Crippen molar-refractivity contribution in [1.29, 1.82) is 0 Å². The Morgan fingerprint density at radius 3 is 2.72 bits per heavy atom. The molecule has 0 unspecified atom stereocenters. The summed E-state index contributed by atoms with van der Waals surface area (Å²) in [6.45, 7) is 0.283. The van der Waals surface area contributed by atoms with Crippen molar-refractivity contribution >= 4 is 5.91 Å². The molecule has 0 aliphatic rings. The number of benzene rings is 1. The van der Waals surface area contributed by atoms with E-state index in [4.69, 9.17) is 4.42 Å². The molecule has 1 aromatic carbocycles. The van der Waals surface area contributed by atoms with Crippen molar-refractivity contribution < 1.29 is 13.6 Å². The number of halogens is 1. The monoisotopic (exact) mass is 341 g/mol. The lowest BCUT2D eigenvalue weighted by Crippen LogP contribution is -2.33. The van der Waals surface area contributed by atoms with Gasteiger partial charge in [0.2, 0.25) is 5.91 Å². The van der Waals surface area contributed by atoms with Gasteiger partial charge in [-0.25, -0.2) is 9.37 Å².